The minimum absolute atomic E-state index is 0.232. The van der Waals surface area contributed by atoms with E-state index in [0.29, 0.717) is 18.0 Å². The first-order valence-electron chi connectivity index (χ1n) is 6.80. The van der Waals surface area contributed by atoms with E-state index in [1.807, 2.05) is 26.0 Å². The lowest BCUT2D eigenvalue weighted by Crippen LogP contribution is -2.30. The topological polar surface area (TPSA) is 49.4 Å². The van der Waals surface area contributed by atoms with E-state index in [1.165, 1.54) is 4.31 Å². The maximum absolute atomic E-state index is 12.3. The summed E-state index contributed by atoms with van der Waals surface area (Å²) in [5.74, 6) is 0. The molecule has 1 unspecified atom stereocenters. The molecule has 0 spiro atoms. The molecular weight excluding hydrogens is 260 g/mol. The van der Waals surface area contributed by atoms with Gasteiger partial charge in [-0.2, -0.15) is 4.31 Å². The monoisotopic (exact) mass is 284 g/mol. The van der Waals surface area contributed by atoms with Crippen LogP contribution < -0.4 is 5.32 Å². The average molecular weight is 284 g/mol. The van der Waals surface area contributed by atoms with Gasteiger partial charge in [0.05, 0.1) is 4.90 Å². The van der Waals surface area contributed by atoms with Gasteiger partial charge < -0.3 is 5.32 Å². The average Bonchev–Trinajstić information content (AvgIpc) is 2.40. The molecule has 0 fully saturated rings. The smallest absolute Gasteiger partial charge is 0.243 e. The molecule has 1 rings (SSSR count). The van der Waals surface area contributed by atoms with Crippen LogP contribution in [0.25, 0.3) is 0 Å². The Morgan fingerprint density at radius 1 is 1.11 bits per heavy atom. The highest BCUT2D eigenvalue weighted by atomic mass is 32.2. The third-order valence-corrected chi connectivity index (χ3v) is 5.30. The summed E-state index contributed by atoms with van der Waals surface area (Å²) in [5.41, 5.74) is 1.10. The van der Waals surface area contributed by atoms with Crippen LogP contribution in [0.15, 0.2) is 29.2 Å². The third kappa shape index (κ3) is 3.78. The summed E-state index contributed by atoms with van der Waals surface area (Å²) < 4.78 is 26.1. The van der Waals surface area contributed by atoms with E-state index in [4.69, 9.17) is 0 Å². The van der Waals surface area contributed by atoms with Gasteiger partial charge in [-0.1, -0.05) is 32.9 Å². The molecule has 5 heteroatoms. The molecule has 0 radical (unpaired) electrons. The first-order valence-corrected chi connectivity index (χ1v) is 8.24. The number of hydrogen-bond donors (Lipinski definition) is 1. The van der Waals surface area contributed by atoms with Crippen LogP contribution in [0.5, 0.6) is 0 Å². The molecule has 0 aliphatic heterocycles. The Morgan fingerprint density at radius 3 is 2.05 bits per heavy atom. The lowest BCUT2D eigenvalue weighted by Gasteiger charge is -2.19. The molecule has 1 aromatic rings. The van der Waals surface area contributed by atoms with Gasteiger partial charge in [0.25, 0.3) is 0 Å². The second kappa shape index (κ2) is 7.03. The van der Waals surface area contributed by atoms with E-state index >= 15 is 0 Å². The molecule has 0 amide bonds. The van der Waals surface area contributed by atoms with Crippen LogP contribution in [0.3, 0.4) is 0 Å². The minimum atomic E-state index is -3.34. The predicted molar refractivity (Wildman–Crippen MR) is 78.6 cm³/mol. The highest BCUT2D eigenvalue weighted by Gasteiger charge is 2.21. The number of hydrogen-bond acceptors (Lipinski definition) is 3. The lowest BCUT2D eigenvalue weighted by atomic mass is 10.1. The van der Waals surface area contributed by atoms with Gasteiger partial charge in [0, 0.05) is 19.1 Å². The van der Waals surface area contributed by atoms with Crippen molar-refractivity contribution in [3.05, 3.63) is 29.8 Å². The SMILES string of the molecule is CCNC(C)c1ccc(S(=O)(=O)N(CC)CC)cc1. The zero-order valence-corrected chi connectivity index (χ0v) is 13.0. The number of nitrogens with zero attached hydrogens (tertiary/aromatic N) is 1. The normalized spacial score (nSPS) is 13.7. The van der Waals surface area contributed by atoms with Crippen molar-refractivity contribution in [1.29, 1.82) is 0 Å². The molecule has 0 heterocycles. The van der Waals surface area contributed by atoms with Gasteiger partial charge in [0.15, 0.2) is 0 Å². The van der Waals surface area contributed by atoms with Crippen molar-refractivity contribution in [1.82, 2.24) is 9.62 Å². The summed E-state index contributed by atoms with van der Waals surface area (Å²) in [6.07, 6.45) is 0. The molecule has 0 aliphatic carbocycles. The summed E-state index contributed by atoms with van der Waals surface area (Å²) in [6.45, 7) is 9.70. The lowest BCUT2D eigenvalue weighted by molar-refractivity contribution is 0.445. The third-order valence-electron chi connectivity index (χ3n) is 3.23. The van der Waals surface area contributed by atoms with Crippen LogP contribution in [0.1, 0.15) is 39.3 Å². The Bertz CT molecular complexity index is 479. The van der Waals surface area contributed by atoms with E-state index in [9.17, 15) is 8.42 Å². The Balaban J connectivity index is 2.98. The van der Waals surface area contributed by atoms with Gasteiger partial charge >= 0.3 is 0 Å². The van der Waals surface area contributed by atoms with Crippen molar-refractivity contribution in [2.75, 3.05) is 19.6 Å². The van der Waals surface area contributed by atoms with Crippen molar-refractivity contribution in [2.24, 2.45) is 0 Å². The van der Waals surface area contributed by atoms with E-state index in [0.717, 1.165) is 12.1 Å². The molecule has 0 saturated carbocycles. The highest BCUT2D eigenvalue weighted by molar-refractivity contribution is 7.89. The van der Waals surface area contributed by atoms with Gasteiger partial charge in [0.2, 0.25) is 10.0 Å². The van der Waals surface area contributed by atoms with E-state index in [-0.39, 0.29) is 6.04 Å². The molecule has 0 saturated heterocycles. The van der Waals surface area contributed by atoms with Gasteiger partial charge in [-0.05, 0) is 31.2 Å². The summed E-state index contributed by atoms with van der Waals surface area (Å²) in [7, 11) is -3.34. The molecule has 1 atom stereocenters. The van der Waals surface area contributed by atoms with Crippen LogP contribution in [-0.2, 0) is 10.0 Å². The van der Waals surface area contributed by atoms with Crippen molar-refractivity contribution in [3.8, 4) is 0 Å². The second-order valence-electron chi connectivity index (χ2n) is 4.44. The maximum atomic E-state index is 12.3. The summed E-state index contributed by atoms with van der Waals surface area (Å²) >= 11 is 0. The quantitative estimate of drug-likeness (QED) is 0.836. The van der Waals surface area contributed by atoms with E-state index in [1.54, 1.807) is 12.1 Å². The Labute approximate surface area is 116 Å². The number of nitrogens with one attached hydrogen (secondary N) is 1. The minimum Gasteiger partial charge on any atom is -0.310 e. The van der Waals surface area contributed by atoms with Crippen LogP contribution in [0, 0.1) is 0 Å². The molecule has 1 aromatic carbocycles. The molecule has 0 bridgehead atoms. The van der Waals surface area contributed by atoms with Crippen molar-refractivity contribution in [2.45, 2.75) is 38.6 Å². The number of rotatable bonds is 7. The molecule has 19 heavy (non-hydrogen) atoms. The number of sulfonamides is 1. The van der Waals surface area contributed by atoms with E-state index < -0.39 is 10.0 Å². The van der Waals surface area contributed by atoms with Crippen molar-refractivity contribution in [3.63, 3.8) is 0 Å². The van der Waals surface area contributed by atoms with Gasteiger partial charge in [-0.3, -0.25) is 0 Å². The molecule has 0 aliphatic rings. The maximum Gasteiger partial charge on any atom is 0.243 e. The number of benzene rings is 1. The van der Waals surface area contributed by atoms with Crippen LogP contribution in [-0.4, -0.2) is 32.4 Å². The fourth-order valence-electron chi connectivity index (χ4n) is 2.07. The molecule has 0 aromatic heterocycles. The summed E-state index contributed by atoms with van der Waals surface area (Å²) in [4.78, 5) is 0.364. The van der Waals surface area contributed by atoms with Crippen LogP contribution in [0.2, 0.25) is 0 Å². The van der Waals surface area contributed by atoms with Gasteiger partial charge in [0.1, 0.15) is 0 Å². The van der Waals surface area contributed by atoms with Gasteiger partial charge in [-0.15, -0.1) is 0 Å². The largest absolute Gasteiger partial charge is 0.310 e. The summed E-state index contributed by atoms with van der Waals surface area (Å²) in [5, 5.41) is 3.31. The Hall–Kier alpha value is -0.910. The molecule has 108 valence electrons. The zero-order chi connectivity index (χ0) is 14.5. The molecule has 4 nitrogen and oxygen atoms in total. The Morgan fingerprint density at radius 2 is 1.63 bits per heavy atom. The van der Waals surface area contributed by atoms with Crippen molar-refractivity contribution >= 4 is 10.0 Å². The predicted octanol–water partition coefficient (Wildman–Crippen LogP) is 2.39. The second-order valence-corrected chi connectivity index (χ2v) is 6.38. The van der Waals surface area contributed by atoms with Crippen molar-refractivity contribution < 1.29 is 8.42 Å². The first-order chi connectivity index (χ1) is 8.97. The first kappa shape index (κ1) is 16.1. The fraction of sp³-hybridized carbons (Fsp3) is 0.571. The standard InChI is InChI=1S/C14H24N2O2S/c1-5-15-12(4)13-8-10-14(11-9-13)19(17,18)16(6-2)7-3/h8-12,15H,5-7H2,1-4H3. The van der Waals surface area contributed by atoms with E-state index in [2.05, 4.69) is 19.2 Å². The summed E-state index contributed by atoms with van der Waals surface area (Å²) in [6, 6.07) is 7.37. The van der Waals surface area contributed by atoms with Crippen LogP contribution in [0.4, 0.5) is 0 Å². The Kier molecular flexibility index (Phi) is 5.97. The molecular formula is C14H24N2O2S. The van der Waals surface area contributed by atoms with Gasteiger partial charge in [-0.25, -0.2) is 8.42 Å². The highest BCUT2D eigenvalue weighted by Crippen LogP contribution is 2.19. The zero-order valence-electron chi connectivity index (χ0n) is 12.2. The molecule has 1 N–H and O–H groups in total. The van der Waals surface area contributed by atoms with Crippen LogP contribution >= 0.6 is 0 Å². The fourth-order valence-corrected chi connectivity index (χ4v) is 3.52.